The lowest BCUT2D eigenvalue weighted by atomic mass is 10.2. The molecule has 5 heteroatoms. The molecule has 0 bridgehead atoms. The van der Waals surface area contributed by atoms with Crippen LogP contribution >= 0.6 is 11.6 Å². The van der Waals surface area contributed by atoms with Crippen molar-refractivity contribution < 1.29 is 9.90 Å². The van der Waals surface area contributed by atoms with Gasteiger partial charge < -0.3 is 10.4 Å². The van der Waals surface area contributed by atoms with Gasteiger partial charge in [-0.15, -0.1) is 0 Å². The Morgan fingerprint density at radius 1 is 1.33 bits per heavy atom. The van der Waals surface area contributed by atoms with Crippen LogP contribution in [0.25, 0.3) is 0 Å². The molecule has 92 valence electrons. The molecule has 0 aliphatic carbocycles. The number of hydrogen-bond donors (Lipinski definition) is 2. The Morgan fingerprint density at radius 2 is 2.00 bits per heavy atom. The van der Waals surface area contributed by atoms with E-state index in [2.05, 4.69) is 10.3 Å². The van der Waals surface area contributed by atoms with Crippen molar-refractivity contribution >= 4 is 29.1 Å². The molecule has 0 spiro atoms. The van der Waals surface area contributed by atoms with Gasteiger partial charge >= 0.3 is 5.97 Å². The summed E-state index contributed by atoms with van der Waals surface area (Å²) in [6.45, 7) is 1.99. The number of carboxylic acid groups (broad SMARTS) is 1. The van der Waals surface area contributed by atoms with Gasteiger partial charge in [0.05, 0.1) is 10.6 Å². The first-order valence-electron chi connectivity index (χ1n) is 5.29. The van der Waals surface area contributed by atoms with Gasteiger partial charge in [0.1, 0.15) is 5.82 Å². The van der Waals surface area contributed by atoms with E-state index >= 15 is 0 Å². The number of nitrogens with zero attached hydrogens (tertiary/aromatic N) is 1. The van der Waals surface area contributed by atoms with E-state index in [4.69, 9.17) is 16.7 Å². The fourth-order valence-corrected chi connectivity index (χ4v) is 1.64. The third kappa shape index (κ3) is 2.78. The predicted molar refractivity (Wildman–Crippen MR) is 70.7 cm³/mol. The molecule has 0 saturated heterocycles. The number of anilines is 2. The van der Waals surface area contributed by atoms with Crippen molar-refractivity contribution in [2.45, 2.75) is 6.92 Å². The Labute approximate surface area is 109 Å². The summed E-state index contributed by atoms with van der Waals surface area (Å²) in [7, 11) is 0. The number of pyridine rings is 1. The minimum Gasteiger partial charge on any atom is -0.478 e. The van der Waals surface area contributed by atoms with Gasteiger partial charge in [-0.25, -0.2) is 9.78 Å². The van der Waals surface area contributed by atoms with Crippen molar-refractivity contribution in [2.75, 3.05) is 5.32 Å². The molecular formula is C13H11ClN2O2. The molecule has 18 heavy (non-hydrogen) atoms. The third-order valence-electron chi connectivity index (χ3n) is 2.41. The summed E-state index contributed by atoms with van der Waals surface area (Å²) in [6, 6.07) is 9.11. The number of benzene rings is 1. The van der Waals surface area contributed by atoms with Crippen molar-refractivity contribution in [1.82, 2.24) is 4.98 Å². The van der Waals surface area contributed by atoms with Gasteiger partial charge in [-0.2, -0.15) is 0 Å². The quantitative estimate of drug-likeness (QED) is 0.889. The molecule has 2 rings (SSSR count). The fourth-order valence-electron chi connectivity index (χ4n) is 1.46. The lowest BCUT2D eigenvalue weighted by molar-refractivity contribution is 0.0697. The minimum atomic E-state index is -1.07. The van der Waals surface area contributed by atoms with Crippen LogP contribution in [0.3, 0.4) is 0 Å². The maximum absolute atomic E-state index is 10.9. The van der Waals surface area contributed by atoms with Crippen molar-refractivity contribution in [3.63, 3.8) is 0 Å². The van der Waals surface area contributed by atoms with Crippen LogP contribution in [0.15, 0.2) is 36.5 Å². The molecule has 4 nitrogen and oxygen atoms in total. The van der Waals surface area contributed by atoms with Crippen LogP contribution in [0.2, 0.25) is 5.02 Å². The zero-order valence-corrected chi connectivity index (χ0v) is 10.4. The minimum absolute atomic E-state index is 0.0290. The van der Waals surface area contributed by atoms with Gasteiger partial charge in [-0.05, 0) is 25.1 Å². The summed E-state index contributed by atoms with van der Waals surface area (Å²) in [5.41, 5.74) is 2.02. The van der Waals surface area contributed by atoms with Gasteiger partial charge in [-0.1, -0.05) is 29.3 Å². The number of hydrogen-bond acceptors (Lipinski definition) is 3. The number of rotatable bonds is 3. The maximum Gasteiger partial charge on any atom is 0.337 e. The molecule has 0 aliphatic rings. The van der Waals surface area contributed by atoms with E-state index in [1.807, 2.05) is 31.2 Å². The second-order valence-corrected chi connectivity index (χ2v) is 4.25. The summed E-state index contributed by atoms with van der Waals surface area (Å²) in [5.74, 6) is -0.630. The number of nitrogens with one attached hydrogen (secondary N) is 1. The first-order chi connectivity index (χ1) is 8.56. The molecular weight excluding hydrogens is 252 g/mol. The number of aryl methyl sites for hydroxylation is 1. The van der Waals surface area contributed by atoms with Gasteiger partial charge in [0.15, 0.2) is 0 Å². The number of carboxylic acids is 1. The fraction of sp³-hybridized carbons (Fsp3) is 0.0769. The normalized spacial score (nSPS) is 10.1. The third-order valence-corrected chi connectivity index (χ3v) is 2.71. The van der Waals surface area contributed by atoms with E-state index in [1.54, 1.807) is 0 Å². The van der Waals surface area contributed by atoms with Crippen LogP contribution in [0.5, 0.6) is 0 Å². The van der Waals surface area contributed by atoms with Crippen LogP contribution in [0.1, 0.15) is 15.9 Å². The van der Waals surface area contributed by atoms with Gasteiger partial charge in [-0.3, -0.25) is 0 Å². The zero-order chi connectivity index (χ0) is 13.1. The highest BCUT2D eigenvalue weighted by atomic mass is 35.5. The van der Waals surface area contributed by atoms with Crippen LogP contribution in [0, 0.1) is 6.92 Å². The van der Waals surface area contributed by atoms with E-state index in [0.717, 1.165) is 11.3 Å². The molecule has 2 aromatic rings. The van der Waals surface area contributed by atoms with Gasteiger partial charge in [0, 0.05) is 11.9 Å². The van der Waals surface area contributed by atoms with E-state index in [1.165, 1.54) is 12.3 Å². The average Bonchev–Trinajstić information content (AvgIpc) is 2.34. The SMILES string of the molecule is Cc1ccc(Nc2cc(C(=O)O)c(Cl)cn2)cc1. The van der Waals surface area contributed by atoms with Crippen LogP contribution < -0.4 is 5.32 Å². The first-order valence-corrected chi connectivity index (χ1v) is 5.66. The van der Waals surface area contributed by atoms with Crippen molar-refractivity contribution in [3.8, 4) is 0 Å². The lowest BCUT2D eigenvalue weighted by Crippen LogP contribution is -2.01. The Balaban J connectivity index is 2.27. The lowest BCUT2D eigenvalue weighted by Gasteiger charge is -2.07. The molecule has 0 amide bonds. The number of aromatic nitrogens is 1. The standard InChI is InChI=1S/C13H11ClN2O2/c1-8-2-4-9(5-3-8)16-12-6-10(13(17)18)11(14)7-15-12/h2-7H,1H3,(H,15,16)(H,17,18). The highest BCUT2D eigenvalue weighted by molar-refractivity contribution is 6.33. The highest BCUT2D eigenvalue weighted by Crippen LogP contribution is 2.21. The van der Waals surface area contributed by atoms with Crippen molar-refractivity contribution in [1.29, 1.82) is 0 Å². The molecule has 0 saturated carbocycles. The van der Waals surface area contributed by atoms with E-state index in [-0.39, 0.29) is 10.6 Å². The predicted octanol–water partition coefficient (Wildman–Crippen LogP) is 3.49. The molecule has 0 atom stereocenters. The second-order valence-electron chi connectivity index (χ2n) is 3.85. The highest BCUT2D eigenvalue weighted by Gasteiger charge is 2.10. The molecule has 0 aliphatic heterocycles. The summed E-state index contributed by atoms with van der Waals surface area (Å²) in [5, 5.41) is 12.1. The van der Waals surface area contributed by atoms with E-state index in [9.17, 15) is 4.79 Å². The average molecular weight is 263 g/mol. The summed E-state index contributed by atoms with van der Waals surface area (Å²) < 4.78 is 0. The van der Waals surface area contributed by atoms with E-state index in [0.29, 0.717) is 5.82 Å². The van der Waals surface area contributed by atoms with Gasteiger partial charge in [0.2, 0.25) is 0 Å². The summed E-state index contributed by atoms with van der Waals surface area (Å²) >= 11 is 5.74. The number of halogens is 1. The molecule has 1 aromatic carbocycles. The first kappa shape index (κ1) is 12.4. The smallest absolute Gasteiger partial charge is 0.337 e. The van der Waals surface area contributed by atoms with Crippen LogP contribution in [-0.4, -0.2) is 16.1 Å². The second kappa shape index (κ2) is 5.06. The molecule has 1 aromatic heterocycles. The maximum atomic E-state index is 10.9. The molecule has 1 heterocycles. The molecule has 0 fully saturated rings. The van der Waals surface area contributed by atoms with Crippen LogP contribution in [0.4, 0.5) is 11.5 Å². The monoisotopic (exact) mass is 262 g/mol. The largest absolute Gasteiger partial charge is 0.478 e. The Morgan fingerprint density at radius 3 is 2.61 bits per heavy atom. The topological polar surface area (TPSA) is 62.2 Å². The summed E-state index contributed by atoms with van der Waals surface area (Å²) in [4.78, 5) is 15.0. The Hall–Kier alpha value is -2.07. The Kier molecular flexibility index (Phi) is 3.48. The molecule has 2 N–H and O–H groups in total. The van der Waals surface area contributed by atoms with Crippen molar-refractivity contribution in [3.05, 3.63) is 52.7 Å². The number of carbonyl (C=O) groups is 1. The molecule has 0 radical (unpaired) electrons. The van der Waals surface area contributed by atoms with Gasteiger partial charge in [0.25, 0.3) is 0 Å². The number of aromatic carboxylic acids is 1. The van der Waals surface area contributed by atoms with E-state index < -0.39 is 5.97 Å². The van der Waals surface area contributed by atoms with Crippen LogP contribution in [-0.2, 0) is 0 Å². The zero-order valence-electron chi connectivity index (χ0n) is 9.64. The molecule has 0 unspecified atom stereocenters. The van der Waals surface area contributed by atoms with Crippen molar-refractivity contribution in [2.24, 2.45) is 0 Å². The summed E-state index contributed by atoms with van der Waals surface area (Å²) in [6.07, 6.45) is 1.32. The Bertz CT molecular complexity index is 582.